The van der Waals surface area contributed by atoms with Crippen LogP contribution in [-0.4, -0.2) is 24.5 Å². The molecule has 0 spiro atoms. The molecule has 3 heterocycles. The fourth-order valence-electron chi connectivity index (χ4n) is 7.50. The Morgan fingerprint density at radius 1 is 0.327 bits per heavy atom. The lowest BCUT2D eigenvalue weighted by atomic mass is 9.96. The molecular formula is C50H33N5. The van der Waals surface area contributed by atoms with Crippen molar-refractivity contribution in [3.05, 3.63) is 200 Å². The van der Waals surface area contributed by atoms with Crippen LogP contribution in [0.1, 0.15) is 0 Å². The molecule has 0 atom stereocenters. The predicted octanol–water partition coefficient (Wildman–Crippen LogP) is 12.4. The maximum absolute atomic E-state index is 5.01. The van der Waals surface area contributed by atoms with E-state index in [0.717, 1.165) is 44.6 Å². The number of hydrogen-bond donors (Lipinski definition) is 0. The van der Waals surface area contributed by atoms with Gasteiger partial charge in [-0.05, 0) is 75.8 Å². The third-order valence-electron chi connectivity index (χ3n) is 10.2. The van der Waals surface area contributed by atoms with Crippen molar-refractivity contribution in [2.45, 2.75) is 0 Å². The van der Waals surface area contributed by atoms with Crippen molar-refractivity contribution in [2.24, 2.45) is 0 Å². The average Bonchev–Trinajstić information content (AvgIpc) is 3.62. The molecule has 5 heteroatoms. The maximum atomic E-state index is 5.01. The summed E-state index contributed by atoms with van der Waals surface area (Å²) in [6.07, 6.45) is 3.61. The molecular weight excluding hydrogens is 671 g/mol. The highest BCUT2D eigenvalue weighted by Crippen LogP contribution is 2.39. The first-order valence-corrected chi connectivity index (χ1v) is 18.4. The monoisotopic (exact) mass is 703 g/mol. The highest BCUT2D eigenvalue weighted by molar-refractivity contribution is 6.15. The van der Waals surface area contributed by atoms with Crippen LogP contribution in [0.2, 0.25) is 0 Å². The van der Waals surface area contributed by atoms with E-state index >= 15 is 0 Å². The van der Waals surface area contributed by atoms with Gasteiger partial charge in [0.15, 0.2) is 17.5 Å². The van der Waals surface area contributed by atoms with Crippen molar-refractivity contribution in [1.29, 1.82) is 0 Å². The molecule has 5 nitrogen and oxygen atoms in total. The summed E-state index contributed by atoms with van der Waals surface area (Å²) in [7, 11) is 0. The van der Waals surface area contributed by atoms with Crippen LogP contribution in [0.4, 0.5) is 0 Å². The molecule has 0 unspecified atom stereocenters. The van der Waals surface area contributed by atoms with Gasteiger partial charge in [-0.25, -0.2) is 15.0 Å². The third-order valence-corrected chi connectivity index (χ3v) is 10.2. The van der Waals surface area contributed by atoms with Crippen LogP contribution >= 0.6 is 0 Å². The van der Waals surface area contributed by atoms with E-state index in [9.17, 15) is 0 Å². The van der Waals surface area contributed by atoms with Gasteiger partial charge in [-0.2, -0.15) is 0 Å². The Bertz CT molecular complexity index is 2940. The Morgan fingerprint density at radius 2 is 0.818 bits per heavy atom. The summed E-state index contributed by atoms with van der Waals surface area (Å²) in [6.45, 7) is 0. The molecule has 55 heavy (non-hydrogen) atoms. The van der Waals surface area contributed by atoms with Crippen molar-refractivity contribution in [3.8, 4) is 73.2 Å². The molecule has 0 fully saturated rings. The molecule has 3 aromatic heterocycles. The third kappa shape index (κ3) is 6.04. The minimum absolute atomic E-state index is 0.626. The molecule has 10 aromatic rings. The quantitative estimate of drug-likeness (QED) is 0.166. The lowest BCUT2D eigenvalue weighted by Gasteiger charge is -2.11. The molecule has 258 valence electrons. The first-order chi connectivity index (χ1) is 27.3. The molecule has 7 aromatic carbocycles. The second kappa shape index (κ2) is 13.8. The van der Waals surface area contributed by atoms with E-state index in [0.29, 0.717) is 17.5 Å². The van der Waals surface area contributed by atoms with Crippen LogP contribution in [0.15, 0.2) is 200 Å². The maximum Gasteiger partial charge on any atom is 0.164 e. The van der Waals surface area contributed by atoms with Gasteiger partial charge in [0.25, 0.3) is 0 Å². The van der Waals surface area contributed by atoms with Gasteiger partial charge in [0.2, 0.25) is 0 Å². The van der Waals surface area contributed by atoms with Crippen LogP contribution < -0.4 is 0 Å². The molecule has 0 N–H and O–H groups in total. The molecule has 0 amide bonds. The molecule has 0 aliphatic carbocycles. The minimum atomic E-state index is 0.626. The van der Waals surface area contributed by atoms with Crippen molar-refractivity contribution in [1.82, 2.24) is 24.5 Å². The van der Waals surface area contributed by atoms with Gasteiger partial charge >= 0.3 is 0 Å². The highest BCUT2D eigenvalue weighted by Gasteiger charge is 2.17. The van der Waals surface area contributed by atoms with E-state index < -0.39 is 0 Å². The van der Waals surface area contributed by atoms with Gasteiger partial charge in [-0.1, -0.05) is 146 Å². The van der Waals surface area contributed by atoms with Crippen LogP contribution in [0.3, 0.4) is 0 Å². The second-order valence-electron chi connectivity index (χ2n) is 13.5. The van der Waals surface area contributed by atoms with Crippen molar-refractivity contribution < 1.29 is 0 Å². The van der Waals surface area contributed by atoms with Crippen LogP contribution in [0.5, 0.6) is 0 Å². The zero-order valence-electron chi connectivity index (χ0n) is 29.8. The standard InChI is InChI=1S/C50H33N5/c1-3-11-38(12-4-1)48-52-49(54-50(53-48)41-14-9-13-40(33-41)36-29-31-51-32-30-36)39-27-23-35(24-28-39)34-21-25-37(26-22-34)43-18-10-20-46-47(43)44-17-7-8-19-45(44)55(46)42-15-5-2-6-16-42/h1-33H. The number of para-hydroxylation sites is 2. The van der Waals surface area contributed by atoms with Gasteiger partial charge in [0.1, 0.15) is 0 Å². The summed E-state index contributed by atoms with van der Waals surface area (Å²) in [4.78, 5) is 19.1. The summed E-state index contributed by atoms with van der Waals surface area (Å²) < 4.78 is 2.36. The molecule has 0 aliphatic heterocycles. The van der Waals surface area contributed by atoms with Crippen LogP contribution in [0.25, 0.3) is 95.0 Å². The van der Waals surface area contributed by atoms with E-state index in [1.54, 1.807) is 0 Å². The van der Waals surface area contributed by atoms with E-state index in [-0.39, 0.29) is 0 Å². The fourth-order valence-corrected chi connectivity index (χ4v) is 7.50. The zero-order valence-corrected chi connectivity index (χ0v) is 29.8. The Labute approximate surface area is 318 Å². The Morgan fingerprint density at radius 3 is 1.53 bits per heavy atom. The van der Waals surface area contributed by atoms with Gasteiger partial charge < -0.3 is 4.57 Å². The number of benzene rings is 7. The zero-order chi connectivity index (χ0) is 36.6. The lowest BCUT2D eigenvalue weighted by molar-refractivity contribution is 1.07. The average molecular weight is 704 g/mol. The van der Waals surface area contributed by atoms with Gasteiger partial charge in [0, 0.05) is 45.5 Å². The molecule has 0 radical (unpaired) electrons. The molecule has 0 saturated carbocycles. The Kier molecular flexibility index (Phi) is 8.08. The Hall–Kier alpha value is -7.50. The first kappa shape index (κ1) is 32.2. The smallest absolute Gasteiger partial charge is 0.164 e. The van der Waals surface area contributed by atoms with Crippen LogP contribution in [0, 0.1) is 0 Å². The fraction of sp³-hybridized carbons (Fsp3) is 0. The molecule has 0 saturated heterocycles. The molecule has 0 aliphatic rings. The molecule has 0 bridgehead atoms. The van der Waals surface area contributed by atoms with Crippen molar-refractivity contribution in [3.63, 3.8) is 0 Å². The van der Waals surface area contributed by atoms with Gasteiger partial charge in [-0.3, -0.25) is 4.98 Å². The van der Waals surface area contributed by atoms with E-state index in [4.69, 9.17) is 15.0 Å². The summed E-state index contributed by atoms with van der Waals surface area (Å²) in [5.74, 6) is 1.89. The normalized spacial score (nSPS) is 11.3. The van der Waals surface area contributed by atoms with E-state index in [1.165, 1.54) is 32.9 Å². The van der Waals surface area contributed by atoms with Crippen molar-refractivity contribution >= 4 is 21.8 Å². The van der Waals surface area contributed by atoms with Gasteiger partial charge in [-0.15, -0.1) is 0 Å². The number of fused-ring (bicyclic) bond motifs is 3. The van der Waals surface area contributed by atoms with Crippen molar-refractivity contribution in [2.75, 3.05) is 0 Å². The SMILES string of the molecule is c1ccc(-c2nc(-c3ccc(-c4ccc(-c5cccc6c5c5ccccc5n6-c5ccccc5)cc4)cc3)nc(-c3cccc(-c4ccncc4)c3)n2)cc1. The summed E-state index contributed by atoms with van der Waals surface area (Å²) in [5.41, 5.74) is 13.2. The number of pyridine rings is 1. The first-order valence-electron chi connectivity index (χ1n) is 18.4. The molecule has 10 rings (SSSR count). The van der Waals surface area contributed by atoms with Crippen LogP contribution in [-0.2, 0) is 0 Å². The number of nitrogens with zero attached hydrogens (tertiary/aromatic N) is 5. The summed E-state index contributed by atoms with van der Waals surface area (Å²) >= 11 is 0. The van der Waals surface area contributed by atoms with Gasteiger partial charge in [0.05, 0.1) is 11.0 Å². The topological polar surface area (TPSA) is 56.5 Å². The Balaban J connectivity index is 0.995. The minimum Gasteiger partial charge on any atom is -0.309 e. The number of aromatic nitrogens is 5. The highest BCUT2D eigenvalue weighted by atomic mass is 15.0. The summed E-state index contributed by atoms with van der Waals surface area (Å²) in [6, 6.07) is 65.7. The largest absolute Gasteiger partial charge is 0.309 e. The number of rotatable bonds is 7. The predicted molar refractivity (Wildman–Crippen MR) is 225 cm³/mol. The van der Waals surface area contributed by atoms with E-state index in [2.05, 4.69) is 143 Å². The number of hydrogen-bond acceptors (Lipinski definition) is 4. The second-order valence-corrected chi connectivity index (χ2v) is 13.5. The van der Waals surface area contributed by atoms with E-state index in [1.807, 2.05) is 67.0 Å². The lowest BCUT2D eigenvalue weighted by Crippen LogP contribution is -2.00. The summed E-state index contributed by atoms with van der Waals surface area (Å²) in [5, 5.41) is 2.50.